The Balaban J connectivity index is 2.02. The number of esters is 1. The highest BCUT2D eigenvalue weighted by molar-refractivity contribution is 7.99. The van der Waals surface area contributed by atoms with Gasteiger partial charge in [0, 0.05) is 11.1 Å². The van der Waals surface area contributed by atoms with Crippen LogP contribution in [0.2, 0.25) is 5.02 Å². The number of amides is 1. The van der Waals surface area contributed by atoms with Gasteiger partial charge in [0.05, 0.1) is 37.8 Å². The summed E-state index contributed by atoms with van der Waals surface area (Å²) in [7, 11) is 2.73. The van der Waals surface area contributed by atoms with Crippen LogP contribution >= 0.6 is 23.4 Å². The zero-order chi connectivity index (χ0) is 19.1. The molecule has 26 heavy (non-hydrogen) atoms. The number of nitrogens with zero attached hydrogens (tertiary/aromatic N) is 1. The third-order valence-corrected chi connectivity index (χ3v) is 4.21. The number of carbonyl (C=O) groups excluding carboxylic acids is 2. The van der Waals surface area contributed by atoms with E-state index in [0.29, 0.717) is 16.5 Å². The fourth-order valence-corrected chi connectivity index (χ4v) is 2.83. The smallest absolute Gasteiger partial charge is 0.311 e. The maximum atomic E-state index is 12.1. The number of rotatable bonds is 7. The van der Waals surface area contributed by atoms with Crippen LogP contribution in [0.3, 0.4) is 0 Å². The van der Waals surface area contributed by atoms with E-state index < -0.39 is 11.5 Å². The SMILES string of the molecule is COC(=O)Cc1cc(=O)[nH]c(SCC(=O)Nc2cc(Cl)ccc2OC)n1. The van der Waals surface area contributed by atoms with Crippen LogP contribution < -0.4 is 15.6 Å². The third-order valence-electron chi connectivity index (χ3n) is 3.10. The van der Waals surface area contributed by atoms with Crippen LogP contribution in [0.15, 0.2) is 34.2 Å². The van der Waals surface area contributed by atoms with Crippen LogP contribution in [-0.2, 0) is 20.7 Å². The van der Waals surface area contributed by atoms with Gasteiger partial charge in [-0.1, -0.05) is 23.4 Å². The molecule has 0 saturated carbocycles. The molecule has 1 amide bonds. The molecular formula is C16H16ClN3O5S. The minimum Gasteiger partial charge on any atom is -0.495 e. The van der Waals surface area contributed by atoms with Gasteiger partial charge >= 0.3 is 5.97 Å². The average molecular weight is 398 g/mol. The van der Waals surface area contributed by atoms with Crippen molar-refractivity contribution in [1.82, 2.24) is 9.97 Å². The standard InChI is InChI=1S/C16H16ClN3O5S/c1-24-12-4-3-9(17)5-11(12)19-14(22)8-26-16-18-10(6-13(21)20-16)7-15(23)25-2/h3-6H,7-8H2,1-2H3,(H,19,22)(H,18,20,21). The zero-order valence-electron chi connectivity index (χ0n) is 14.0. The number of methoxy groups -OCH3 is 2. The molecule has 2 aromatic rings. The first-order valence-electron chi connectivity index (χ1n) is 7.34. The first kappa shape index (κ1) is 19.8. The quantitative estimate of drug-likeness (QED) is 0.417. The maximum Gasteiger partial charge on any atom is 0.311 e. The van der Waals surface area contributed by atoms with Gasteiger partial charge in [-0.25, -0.2) is 4.98 Å². The van der Waals surface area contributed by atoms with Crippen LogP contribution in [-0.4, -0.2) is 41.8 Å². The molecule has 0 spiro atoms. The molecule has 138 valence electrons. The van der Waals surface area contributed by atoms with Crippen molar-refractivity contribution in [2.24, 2.45) is 0 Å². The molecule has 0 atom stereocenters. The normalized spacial score (nSPS) is 10.3. The summed E-state index contributed by atoms with van der Waals surface area (Å²) >= 11 is 6.94. The van der Waals surface area contributed by atoms with E-state index in [2.05, 4.69) is 20.0 Å². The van der Waals surface area contributed by atoms with Gasteiger partial charge in [-0.05, 0) is 18.2 Å². The van der Waals surface area contributed by atoms with Crippen molar-refractivity contribution >= 4 is 40.9 Å². The summed E-state index contributed by atoms with van der Waals surface area (Å²) in [6.07, 6.45) is -0.125. The summed E-state index contributed by atoms with van der Waals surface area (Å²) in [4.78, 5) is 41.7. The molecule has 0 aliphatic heterocycles. The van der Waals surface area contributed by atoms with Gasteiger partial charge < -0.3 is 19.8 Å². The Bertz CT molecular complexity index is 871. The van der Waals surface area contributed by atoms with E-state index in [1.165, 1.54) is 20.3 Å². The van der Waals surface area contributed by atoms with E-state index in [9.17, 15) is 14.4 Å². The number of hydrogen-bond acceptors (Lipinski definition) is 7. The number of carbonyl (C=O) groups is 2. The Labute approximate surface area is 158 Å². The van der Waals surface area contributed by atoms with E-state index in [1.807, 2.05) is 0 Å². The first-order chi connectivity index (χ1) is 12.4. The van der Waals surface area contributed by atoms with Crippen LogP contribution in [0.5, 0.6) is 5.75 Å². The van der Waals surface area contributed by atoms with Gasteiger partial charge in [-0.2, -0.15) is 0 Å². The molecule has 1 aromatic heterocycles. The zero-order valence-corrected chi connectivity index (χ0v) is 15.6. The fourth-order valence-electron chi connectivity index (χ4n) is 1.96. The fraction of sp³-hybridized carbons (Fsp3) is 0.250. The number of hydrogen-bond donors (Lipinski definition) is 2. The van der Waals surface area contributed by atoms with Crippen molar-refractivity contribution in [2.45, 2.75) is 11.6 Å². The molecular weight excluding hydrogens is 382 g/mol. The molecule has 1 heterocycles. The molecule has 0 saturated heterocycles. The van der Waals surface area contributed by atoms with Crippen LogP contribution in [0, 0.1) is 0 Å². The number of H-pyrrole nitrogens is 1. The van der Waals surface area contributed by atoms with Crippen LogP contribution in [0.1, 0.15) is 5.69 Å². The Morgan fingerprint density at radius 2 is 2.08 bits per heavy atom. The molecule has 10 heteroatoms. The Hall–Kier alpha value is -2.52. The molecule has 0 aliphatic carbocycles. The maximum absolute atomic E-state index is 12.1. The van der Waals surface area contributed by atoms with Crippen molar-refractivity contribution in [3.63, 3.8) is 0 Å². The van der Waals surface area contributed by atoms with E-state index in [4.69, 9.17) is 16.3 Å². The Morgan fingerprint density at radius 3 is 2.77 bits per heavy atom. The lowest BCUT2D eigenvalue weighted by atomic mass is 10.3. The number of nitrogens with one attached hydrogen (secondary N) is 2. The predicted molar refractivity (Wildman–Crippen MR) is 97.9 cm³/mol. The van der Waals surface area contributed by atoms with Crippen molar-refractivity contribution in [1.29, 1.82) is 0 Å². The number of halogens is 1. The minimum absolute atomic E-state index is 0.0136. The minimum atomic E-state index is -0.509. The monoisotopic (exact) mass is 397 g/mol. The number of aromatic amines is 1. The van der Waals surface area contributed by atoms with Gasteiger partial charge in [0.15, 0.2) is 5.16 Å². The molecule has 0 fully saturated rings. The lowest BCUT2D eigenvalue weighted by molar-refractivity contribution is -0.139. The summed E-state index contributed by atoms with van der Waals surface area (Å²) in [6, 6.07) is 6.06. The largest absolute Gasteiger partial charge is 0.495 e. The molecule has 2 N–H and O–H groups in total. The second-order valence-corrected chi connectivity index (χ2v) is 6.38. The van der Waals surface area contributed by atoms with Crippen LogP contribution in [0.4, 0.5) is 5.69 Å². The van der Waals surface area contributed by atoms with Crippen LogP contribution in [0.25, 0.3) is 0 Å². The highest BCUT2D eigenvalue weighted by Gasteiger charge is 2.11. The van der Waals surface area contributed by atoms with E-state index in [1.54, 1.807) is 18.2 Å². The summed E-state index contributed by atoms with van der Waals surface area (Å²) in [5, 5.41) is 3.36. The molecule has 2 rings (SSSR count). The predicted octanol–water partition coefficient (Wildman–Crippen LogP) is 1.88. The molecule has 1 aromatic carbocycles. The van der Waals surface area contributed by atoms with Crippen molar-refractivity contribution in [2.75, 3.05) is 25.3 Å². The Morgan fingerprint density at radius 1 is 1.31 bits per heavy atom. The number of benzene rings is 1. The van der Waals surface area contributed by atoms with E-state index in [-0.39, 0.29) is 28.9 Å². The number of thioether (sulfide) groups is 1. The lowest BCUT2D eigenvalue weighted by Crippen LogP contribution is -2.17. The summed E-state index contributed by atoms with van der Waals surface area (Å²) < 4.78 is 9.70. The topological polar surface area (TPSA) is 110 Å². The molecule has 8 nitrogen and oxygen atoms in total. The third kappa shape index (κ3) is 5.78. The van der Waals surface area contributed by atoms with Gasteiger partial charge in [0.25, 0.3) is 5.56 Å². The first-order valence-corrected chi connectivity index (χ1v) is 8.71. The summed E-state index contributed by atoms with van der Waals surface area (Å²) in [5.74, 6) is -0.388. The van der Waals surface area contributed by atoms with E-state index in [0.717, 1.165) is 11.8 Å². The lowest BCUT2D eigenvalue weighted by Gasteiger charge is -2.10. The second-order valence-electron chi connectivity index (χ2n) is 4.98. The Kier molecular flexibility index (Phi) is 7.05. The molecule has 0 unspecified atom stereocenters. The van der Waals surface area contributed by atoms with Crippen molar-refractivity contribution < 1.29 is 19.1 Å². The highest BCUT2D eigenvalue weighted by atomic mass is 35.5. The van der Waals surface area contributed by atoms with Crippen molar-refractivity contribution in [3.8, 4) is 5.75 Å². The second kappa shape index (κ2) is 9.25. The van der Waals surface area contributed by atoms with Gasteiger partial charge in [-0.15, -0.1) is 0 Å². The van der Waals surface area contributed by atoms with Crippen molar-refractivity contribution in [3.05, 3.63) is 45.3 Å². The van der Waals surface area contributed by atoms with Gasteiger partial charge in [0.2, 0.25) is 5.91 Å². The number of aromatic nitrogens is 2. The molecule has 0 aliphatic rings. The molecule has 0 radical (unpaired) electrons. The van der Waals surface area contributed by atoms with Gasteiger partial charge in [-0.3, -0.25) is 14.4 Å². The molecule has 0 bridgehead atoms. The highest BCUT2D eigenvalue weighted by Crippen LogP contribution is 2.27. The van der Waals surface area contributed by atoms with Gasteiger partial charge in [0.1, 0.15) is 5.75 Å². The average Bonchev–Trinajstić information content (AvgIpc) is 2.59. The summed E-state index contributed by atoms with van der Waals surface area (Å²) in [5.41, 5.74) is 0.282. The van der Waals surface area contributed by atoms with E-state index >= 15 is 0 Å². The number of ether oxygens (including phenoxy) is 2. The summed E-state index contributed by atoms with van der Waals surface area (Å²) in [6.45, 7) is 0. The number of anilines is 1.